The molecular weight excluding hydrogens is 274 g/mol. The van der Waals surface area contributed by atoms with Crippen LogP contribution >= 0.6 is 0 Å². The summed E-state index contributed by atoms with van der Waals surface area (Å²) in [5.41, 5.74) is 4.80. The van der Waals surface area contributed by atoms with Gasteiger partial charge < -0.3 is 9.72 Å². The average Bonchev–Trinajstić information content (AvgIpc) is 2.93. The number of carbonyl (C=O) groups is 1. The standard InChI is InChI=1S/C18H17N3O/c1-13-6-5-7-16(14(13)2)20-18(22)10-9-15-12-19-17-8-3-4-11-21(15)17/h3-12H,1-2H3,(H,20,22)/b10-9+. The number of anilines is 1. The Morgan fingerprint density at radius 3 is 2.91 bits per heavy atom. The van der Waals surface area contributed by atoms with Crippen LogP contribution in [0.2, 0.25) is 0 Å². The largest absolute Gasteiger partial charge is 0.322 e. The first kappa shape index (κ1) is 14.1. The maximum atomic E-state index is 12.1. The second-order valence-electron chi connectivity index (χ2n) is 5.18. The van der Waals surface area contributed by atoms with Crippen molar-refractivity contribution in [3.63, 3.8) is 0 Å². The van der Waals surface area contributed by atoms with Crippen molar-refractivity contribution in [1.82, 2.24) is 9.38 Å². The van der Waals surface area contributed by atoms with E-state index in [2.05, 4.69) is 10.3 Å². The summed E-state index contributed by atoms with van der Waals surface area (Å²) in [7, 11) is 0. The SMILES string of the molecule is Cc1cccc(NC(=O)/C=C/c2cnc3ccccn23)c1C. The van der Waals surface area contributed by atoms with Gasteiger partial charge >= 0.3 is 0 Å². The van der Waals surface area contributed by atoms with Crippen molar-refractivity contribution in [2.24, 2.45) is 0 Å². The fourth-order valence-corrected chi connectivity index (χ4v) is 2.30. The molecule has 22 heavy (non-hydrogen) atoms. The number of pyridine rings is 1. The minimum Gasteiger partial charge on any atom is -0.322 e. The molecule has 0 saturated heterocycles. The lowest BCUT2D eigenvalue weighted by Crippen LogP contribution is -2.09. The van der Waals surface area contributed by atoms with Gasteiger partial charge in [0.15, 0.2) is 0 Å². The van der Waals surface area contributed by atoms with E-state index < -0.39 is 0 Å². The predicted molar refractivity (Wildman–Crippen MR) is 88.8 cm³/mol. The molecule has 0 aliphatic rings. The molecule has 0 aliphatic heterocycles. The van der Waals surface area contributed by atoms with Crippen LogP contribution in [-0.4, -0.2) is 15.3 Å². The van der Waals surface area contributed by atoms with Crippen molar-refractivity contribution >= 4 is 23.3 Å². The zero-order valence-corrected chi connectivity index (χ0v) is 12.6. The van der Waals surface area contributed by atoms with E-state index in [4.69, 9.17) is 0 Å². The van der Waals surface area contributed by atoms with E-state index in [-0.39, 0.29) is 5.91 Å². The third-order valence-electron chi connectivity index (χ3n) is 3.71. The molecular formula is C18H17N3O. The third kappa shape index (κ3) is 2.76. The summed E-state index contributed by atoms with van der Waals surface area (Å²) in [4.78, 5) is 16.4. The summed E-state index contributed by atoms with van der Waals surface area (Å²) in [5, 5.41) is 2.91. The van der Waals surface area contributed by atoms with Gasteiger partial charge in [-0.05, 0) is 49.2 Å². The van der Waals surface area contributed by atoms with E-state index in [1.54, 1.807) is 12.3 Å². The third-order valence-corrected chi connectivity index (χ3v) is 3.71. The molecule has 2 aromatic heterocycles. The fraction of sp³-hybridized carbons (Fsp3) is 0.111. The molecule has 4 nitrogen and oxygen atoms in total. The molecule has 0 bridgehead atoms. The van der Waals surface area contributed by atoms with Gasteiger partial charge in [0.2, 0.25) is 5.91 Å². The Hall–Kier alpha value is -2.88. The molecule has 4 heteroatoms. The van der Waals surface area contributed by atoms with E-state index in [0.717, 1.165) is 28.2 Å². The predicted octanol–water partition coefficient (Wildman–Crippen LogP) is 3.60. The Morgan fingerprint density at radius 1 is 1.18 bits per heavy atom. The van der Waals surface area contributed by atoms with Gasteiger partial charge in [-0.1, -0.05) is 18.2 Å². The first-order chi connectivity index (χ1) is 10.6. The molecule has 3 rings (SSSR count). The Balaban J connectivity index is 1.78. The van der Waals surface area contributed by atoms with Gasteiger partial charge in [0.1, 0.15) is 5.65 Å². The zero-order valence-electron chi connectivity index (χ0n) is 12.6. The lowest BCUT2D eigenvalue weighted by Gasteiger charge is -2.08. The van der Waals surface area contributed by atoms with Crippen molar-refractivity contribution in [1.29, 1.82) is 0 Å². The lowest BCUT2D eigenvalue weighted by molar-refractivity contribution is -0.111. The maximum absolute atomic E-state index is 12.1. The molecule has 0 saturated carbocycles. The van der Waals surface area contributed by atoms with Gasteiger partial charge in [-0.3, -0.25) is 4.79 Å². The number of hydrogen-bond donors (Lipinski definition) is 1. The first-order valence-electron chi connectivity index (χ1n) is 7.12. The van der Waals surface area contributed by atoms with Crippen LogP contribution in [0.15, 0.2) is 54.9 Å². The fourth-order valence-electron chi connectivity index (χ4n) is 2.30. The molecule has 1 aromatic carbocycles. The topological polar surface area (TPSA) is 46.4 Å². The summed E-state index contributed by atoms with van der Waals surface area (Å²) in [6.45, 7) is 4.03. The number of nitrogens with one attached hydrogen (secondary N) is 1. The number of hydrogen-bond acceptors (Lipinski definition) is 2. The summed E-state index contributed by atoms with van der Waals surface area (Å²) in [6.07, 6.45) is 6.96. The minimum atomic E-state index is -0.153. The molecule has 0 aliphatic carbocycles. The quantitative estimate of drug-likeness (QED) is 0.749. The van der Waals surface area contributed by atoms with E-state index in [0.29, 0.717) is 0 Å². The van der Waals surface area contributed by atoms with Gasteiger partial charge in [0.05, 0.1) is 11.9 Å². The number of aryl methyl sites for hydroxylation is 1. The number of imidazole rings is 1. The minimum absolute atomic E-state index is 0.153. The van der Waals surface area contributed by atoms with Gasteiger partial charge in [0, 0.05) is 18.0 Å². The van der Waals surface area contributed by atoms with Crippen LogP contribution in [0.1, 0.15) is 16.8 Å². The molecule has 1 amide bonds. The Morgan fingerprint density at radius 2 is 2.05 bits per heavy atom. The van der Waals surface area contributed by atoms with Crippen molar-refractivity contribution in [2.75, 3.05) is 5.32 Å². The van der Waals surface area contributed by atoms with Crippen LogP contribution < -0.4 is 5.32 Å². The molecule has 2 heterocycles. The van der Waals surface area contributed by atoms with Crippen LogP contribution in [0, 0.1) is 13.8 Å². The molecule has 3 aromatic rings. The summed E-state index contributed by atoms with van der Waals surface area (Å²) in [6, 6.07) is 11.7. The Bertz CT molecular complexity index is 862. The Labute approximate surface area is 129 Å². The van der Waals surface area contributed by atoms with Crippen LogP contribution in [-0.2, 0) is 4.79 Å². The van der Waals surface area contributed by atoms with Crippen molar-refractivity contribution in [3.05, 3.63) is 71.7 Å². The Kier molecular flexibility index (Phi) is 3.74. The number of carbonyl (C=O) groups excluding carboxylic acids is 1. The highest BCUT2D eigenvalue weighted by Crippen LogP contribution is 2.18. The second kappa shape index (κ2) is 5.85. The van der Waals surface area contributed by atoms with Gasteiger partial charge in [-0.2, -0.15) is 0 Å². The van der Waals surface area contributed by atoms with Gasteiger partial charge in [-0.15, -0.1) is 0 Å². The molecule has 110 valence electrons. The average molecular weight is 291 g/mol. The van der Waals surface area contributed by atoms with E-state index in [9.17, 15) is 4.79 Å². The van der Waals surface area contributed by atoms with Gasteiger partial charge in [0.25, 0.3) is 0 Å². The van der Waals surface area contributed by atoms with E-state index >= 15 is 0 Å². The molecule has 0 spiro atoms. The van der Waals surface area contributed by atoms with Crippen molar-refractivity contribution in [2.45, 2.75) is 13.8 Å². The highest BCUT2D eigenvalue weighted by Gasteiger charge is 2.04. The van der Waals surface area contributed by atoms with Crippen LogP contribution in [0.4, 0.5) is 5.69 Å². The summed E-state index contributed by atoms with van der Waals surface area (Å²) >= 11 is 0. The molecule has 0 fully saturated rings. The number of amides is 1. The van der Waals surface area contributed by atoms with Crippen molar-refractivity contribution in [3.8, 4) is 0 Å². The number of aromatic nitrogens is 2. The number of fused-ring (bicyclic) bond motifs is 1. The number of benzene rings is 1. The monoisotopic (exact) mass is 291 g/mol. The maximum Gasteiger partial charge on any atom is 0.248 e. The normalized spacial score (nSPS) is 11.2. The summed E-state index contributed by atoms with van der Waals surface area (Å²) < 4.78 is 1.93. The lowest BCUT2D eigenvalue weighted by atomic mass is 10.1. The zero-order chi connectivity index (χ0) is 15.5. The highest BCUT2D eigenvalue weighted by molar-refractivity contribution is 6.02. The highest BCUT2D eigenvalue weighted by atomic mass is 16.1. The molecule has 0 unspecified atom stereocenters. The molecule has 0 atom stereocenters. The molecule has 1 N–H and O–H groups in total. The van der Waals surface area contributed by atoms with Gasteiger partial charge in [-0.25, -0.2) is 4.98 Å². The first-order valence-corrected chi connectivity index (χ1v) is 7.12. The van der Waals surface area contributed by atoms with Crippen LogP contribution in [0.3, 0.4) is 0 Å². The summed E-state index contributed by atoms with van der Waals surface area (Å²) in [5.74, 6) is -0.153. The number of nitrogens with zero attached hydrogens (tertiary/aromatic N) is 2. The van der Waals surface area contributed by atoms with Crippen molar-refractivity contribution < 1.29 is 4.79 Å². The van der Waals surface area contributed by atoms with Crippen LogP contribution in [0.5, 0.6) is 0 Å². The van der Waals surface area contributed by atoms with Crippen LogP contribution in [0.25, 0.3) is 11.7 Å². The smallest absolute Gasteiger partial charge is 0.248 e. The van der Waals surface area contributed by atoms with E-state index in [1.165, 1.54) is 6.08 Å². The second-order valence-corrected chi connectivity index (χ2v) is 5.18. The number of rotatable bonds is 3. The van der Waals surface area contributed by atoms with E-state index in [1.807, 2.05) is 60.8 Å². The molecule has 0 radical (unpaired) electrons.